The summed E-state index contributed by atoms with van der Waals surface area (Å²) in [4.78, 5) is 28.0. The molecule has 0 amide bonds. The zero-order valence-electron chi connectivity index (χ0n) is 36.9. The van der Waals surface area contributed by atoms with Crippen molar-refractivity contribution in [2.24, 2.45) is 0 Å². The average Bonchev–Trinajstić information content (AvgIpc) is 3.28. The van der Waals surface area contributed by atoms with E-state index < -0.39 is 16.6 Å². The van der Waals surface area contributed by atoms with Gasteiger partial charge in [-0.2, -0.15) is 0 Å². The second-order valence-corrected chi connectivity index (χ2v) is 23.8. The minimum absolute atomic E-state index is 0.186. The Morgan fingerprint density at radius 3 is 0.831 bits per heavy atom. The Morgan fingerprint density at radius 1 is 0.339 bits per heavy atom. The number of benzene rings is 4. The Balaban J connectivity index is 1.40. The maximum Gasteiger partial charge on any atom is 0.318 e. The fourth-order valence-corrected chi connectivity index (χ4v) is 16.6. The highest BCUT2D eigenvalue weighted by molar-refractivity contribution is 6.99. The lowest BCUT2D eigenvalue weighted by Gasteiger charge is -2.33. The van der Waals surface area contributed by atoms with Crippen LogP contribution in [0, 0.1) is 0 Å². The maximum absolute atomic E-state index is 14.0. The summed E-state index contributed by atoms with van der Waals surface area (Å²) in [5.74, 6) is -0.437. The molecule has 0 radical (unpaired) electrons. The van der Waals surface area contributed by atoms with Crippen LogP contribution in [0.5, 0.6) is 0 Å². The average molecular weight is 833 g/mol. The smallest absolute Gasteiger partial charge is 0.318 e. The first-order chi connectivity index (χ1) is 29.0. The largest absolute Gasteiger partial charge is 0.510 e. The standard InChI is InChI=1S/C53H76O4Si2/c1-3-5-7-9-11-13-15-17-19-33-46-58(48-36-25-21-26-37-48,49-38-27-22-28-39-49)56-52(54)44-35-45-53(55)57-59(50-40-29-23-30-41-50,51-42-31-24-32-43-51)47-34-20-18-16-14-12-10-8-6-4-2/h21-32,36-43H,3-20,33-35,44-47H2,1-2H3. The molecular weight excluding hydrogens is 757 g/mol. The van der Waals surface area contributed by atoms with E-state index >= 15 is 0 Å². The molecule has 59 heavy (non-hydrogen) atoms. The van der Waals surface area contributed by atoms with Crippen LogP contribution in [-0.4, -0.2) is 28.6 Å². The Bertz CT molecular complexity index is 1460. The van der Waals surface area contributed by atoms with E-state index in [1.54, 1.807) is 0 Å². The van der Waals surface area contributed by atoms with E-state index in [1.807, 2.05) is 24.3 Å². The van der Waals surface area contributed by atoms with Crippen molar-refractivity contribution in [3.8, 4) is 0 Å². The number of hydrogen-bond donors (Lipinski definition) is 0. The molecule has 0 heterocycles. The zero-order valence-corrected chi connectivity index (χ0v) is 38.9. The third-order valence-electron chi connectivity index (χ3n) is 12.1. The molecule has 0 saturated heterocycles. The van der Waals surface area contributed by atoms with Crippen LogP contribution >= 0.6 is 0 Å². The summed E-state index contributed by atoms with van der Waals surface area (Å²) >= 11 is 0. The number of hydrogen-bond acceptors (Lipinski definition) is 4. The summed E-state index contributed by atoms with van der Waals surface area (Å²) in [6.07, 6.45) is 26.0. The molecule has 4 aromatic carbocycles. The fourth-order valence-electron chi connectivity index (χ4n) is 8.67. The summed E-state index contributed by atoms with van der Waals surface area (Å²) in [5.41, 5.74) is 0. The van der Waals surface area contributed by atoms with Gasteiger partial charge in [0.1, 0.15) is 0 Å². The van der Waals surface area contributed by atoms with Crippen molar-refractivity contribution >= 4 is 49.3 Å². The van der Waals surface area contributed by atoms with Gasteiger partial charge in [-0.15, -0.1) is 0 Å². The van der Waals surface area contributed by atoms with Gasteiger partial charge in [-0.05, 0) is 39.3 Å². The van der Waals surface area contributed by atoms with Crippen LogP contribution in [-0.2, 0) is 18.4 Å². The highest BCUT2D eigenvalue weighted by Gasteiger charge is 2.44. The summed E-state index contributed by atoms with van der Waals surface area (Å²) in [6, 6.07) is 43.5. The Morgan fingerprint density at radius 2 is 0.576 bits per heavy atom. The highest BCUT2D eigenvalue weighted by Crippen LogP contribution is 2.23. The van der Waals surface area contributed by atoms with Crippen LogP contribution < -0.4 is 20.7 Å². The molecule has 4 aromatic rings. The molecule has 0 bridgehead atoms. The second-order valence-electron chi connectivity index (χ2n) is 16.8. The molecule has 0 N–H and O–H groups in total. The van der Waals surface area contributed by atoms with Crippen LogP contribution in [0.25, 0.3) is 0 Å². The number of carbonyl (C=O) groups excluding carboxylic acids is 2. The molecule has 4 nitrogen and oxygen atoms in total. The van der Waals surface area contributed by atoms with Gasteiger partial charge in [-0.1, -0.05) is 264 Å². The molecule has 0 aliphatic heterocycles. The summed E-state index contributed by atoms with van der Waals surface area (Å²) in [7, 11) is -5.80. The topological polar surface area (TPSA) is 52.6 Å². The van der Waals surface area contributed by atoms with Crippen molar-refractivity contribution in [3.63, 3.8) is 0 Å². The van der Waals surface area contributed by atoms with E-state index in [9.17, 15) is 9.59 Å². The van der Waals surface area contributed by atoms with Crippen molar-refractivity contribution in [2.75, 3.05) is 0 Å². The first kappa shape index (κ1) is 47.9. The van der Waals surface area contributed by atoms with Crippen molar-refractivity contribution in [2.45, 2.75) is 174 Å². The SMILES string of the molecule is CCCCCCCCCCCC[Si](OC(=O)CCCC(=O)O[Si](CCCCCCCCCCCC)(c1ccccc1)c1ccccc1)(c1ccccc1)c1ccccc1. The molecule has 0 spiro atoms. The minimum Gasteiger partial charge on any atom is -0.510 e. The van der Waals surface area contributed by atoms with Gasteiger partial charge in [0, 0.05) is 12.8 Å². The van der Waals surface area contributed by atoms with Gasteiger partial charge in [0.05, 0.1) is 0 Å². The summed E-state index contributed by atoms with van der Waals surface area (Å²) < 4.78 is 13.6. The van der Waals surface area contributed by atoms with Gasteiger partial charge in [-0.3, -0.25) is 9.59 Å². The molecule has 4 rings (SSSR count). The third-order valence-corrected chi connectivity index (χ3v) is 20.4. The van der Waals surface area contributed by atoms with E-state index in [2.05, 4.69) is 111 Å². The Hall–Kier alpha value is -3.75. The Labute approximate surface area is 361 Å². The van der Waals surface area contributed by atoms with Gasteiger partial charge >= 0.3 is 16.6 Å². The van der Waals surface area contributed by atoms with Crippen LogP contribution in [0.2, 0.25) is 12.1 Å². The van der Waals surface area contributed by atoms with Gasteiger partial charge in [-0.25, -0.2) is 0 Å². The molecule has 0 aromatic heterocycles. The zero-order chi connectivity index (χ0) is 41.7. The van der Waals surface area contributed by atoms with E-state index in [4.69, 9.17) is 8.85 Å². The van der Waals surface area contributed by atoms with Gasteiger partial charge in [0.25, 0.3) is 11.9 Å². The molecule has 0 unspecified atom stereocenters. The van der Waals surface area contributed by atoms with E-state index in [-0.39, 0.29) is 24.8 Å². The van der Waals surface area contributed by atoms with Crippen LogP contribution in [0.4, 0.5) is 0 Å². The number of unbranched alkanes of at least 4 members (excludes halogenated alkanes) is 18. The monoisotopic (exact) mass is 833 g/mol. The van der Waals surface area contributed by atoms with Crippen molar-refractivity contribution in [1.29, 1.82) is 0 Å². The van der Waals surface area contributed by atoms with Crippen molar-refractivity contribution < 1.29 is 18.4 Å². The molecule has 0 aliphatic rings. The predicted molar refractivity (Wildman–Crippen MR) is 255 cm³/mol. The summed E-state index contributed by atoms with van der Waals surface area (Å²) in [5, 5.41) is 4.51. The minimum atomic E-state index is -2.90. The molecule has 0 fully saturated rings. The highest BCUT2D eigenvalue weighted by atomic mass is 28.4. The van der Waals surface area contributed by atoms with Gasteiger partial charge in [0.15, 0.2) is 0 Å². The molecule has 320 valence electrons. The van der Waals surface area contributed by atoms with Crippen molar-refractivity contribution in [1.82, 2.24) is 0 Å². The van der Waals surface area contributed by atoms with Crippen LogP contribution in [0.1, 0.15) is 162 Å². The first-order valence-corrected chi connectivity index (χ1v) is 27.9. The van der Waals surface area contributed by atoms with Gasteiger partial charge in [0.2, 0.25) is 0 Å². The van der Waals surface area contributed by atoms with Crippen LogP contribution in [0.15, 0.2) is 121 Å². The number of rotatable bonds is 32. The third kappa shape index (κ3) is 16.7. The molecule has 0 atom stereocenters. The lowest BCUT2D eigenvalue weighted by atomic mass is 10.1. The van der Waals surface area contributed by atoms with Crippen molar-refractivity contribution in [3.05, 3.63) is 121 Å². The van der Waals surface area contributed by atoms with E-state index in [0.29, 0.717) is 6.42 Å². The van der Waals surface area contributed by atoms with Gasteiger partial charge < -0.3 is 8.85 Å². The molecular formula is C53H76O4Si2. The quantitative estimate of drug-likeness (QED) is 0.0363. The molecule has 0 saturated carbocycles. The summed E-state index contributed by atoms with van der Waals surface area (Å²) in [6.45, 7) is 4.54. The second kappa shape index (κ2) is 28.7. The first-order valence-electron chi connectivity index (χ1n) is 23.7. The number of carbonyl (C=O) groups is 2. The van der Waals surface area contributed by atoms with E-state index in [1.165, 1.54) is 103 Å². The molecule has 0 aliphatic carbocycles. The fraction of sp³-hybridized carbons (Fsp3) is 0.509. The normalized spacial score (nSPS) is 11.7. The maximum atomic E-state index is 14.0. The lowest BCUT2D eigenvalue weighted by Crippen LogP contribution is -2.61. The molecule has 6 heteroatoms. The van der Waals surface area contributed by atoms with Crippen LogP contribution in [0.3, 0.4) is 0 Å². The Kier molecular flexibility index (Phi) is 23.3. The predicted octanol–water partition coefficient (Wildman–Crippen LogP) is 12.6. The van der Waals surface area contributed by atoms with E-state index in [0.717, 1.165) is 58.5 Å². The lowest BCUT2D eigenvalue weighted by molar-refractivity contribution is -0.136.